The summed E-state index contributed by atoms with van der Waals surface area (Å²) in [5.41, 5.74) is 6.22. The maximum atomic E-state index is 13.4. The molecule has 2 aromatic heterocycles. The van der Waals surface area contributed by atoms with Crippen molar-refractivity contribution < 1.29 is 5.11 Å². The van der Waals surface area contributed by atoms with E-state index in [0.717, 1.165) is 60.0 Å². The largest absolute Gasteiger partial charge is 0.391 e. The summed E-state index contributed by atoms with van der Waals surface area (Å²) in [5.74, 6) is 0. The molecule has 1 N–H and O–H groups in total. The van der Waals surface area contributed by atoms with E-state index in [1.165, 1.54) is 5.56 Å². The number of aromatic nitrogens is 4. The maximum absolute atomic E-state index is 13.4. The highest BCUT2D eigenvalue weighted by molar-refractivity contribution is 5.83. The average molecular weight is 429 g/mol. The highest BCUT2D eigenvalue weighted by Gasteiger charge is 2.26. The quantitative estimate of drug-likeness (QED) is 0.527. The second-order valence-electron chi connectivity index (χ2n) is 8.85. The van der Waals surface area contributed by atoms with Crippen molar-refractivity contribution in [2.24, 2.45) is 0 Å². The van der Waals surface area contributed by atoms with Crippen molar-refractivity contribution >= 4 is 10.9 Å². The zero-order chi connectivity index (χ0) is 22.2. The van der Waals surface area contributed by atoms with Crippen LogP contribution in [0.1, 0.15) is 54.0 Å². The summed E-state index contributed by atoms with van der Waals surface area (Å²) in [6, 6.07) is 12.1. The molecule has 32 heavy (non-hydrogen) atoms. The first-order chi connectivity index (χ1) is 15.5. The standard InChI is InChI=1S/C26H28N4O2/c1-17-18(2)25-22(26(32)29(16-27-25)23-6-3-4-7-24(23)31)15-20(17)14-19-8-10-21(11-9-19)30-13-5-12-28-30/h5,8-13,15-16,23-24,31H,3-4,6-7,14H2,1-2H3. The molecule has 4 aromatic rings. The molecule has 1 aliphatic carbocycles. The van der Waals surface area contributed by atoms with Crippen molar-refractivity contribution in [2.45, 2.75) is 58.1 Å². The number of aryl methyl sites for hydroxylation is 1. The van der Waals surface area contributed by atoms with E-state index < -0.39 is 6.10 Å². The number of hydrogen-bond acceptors (Lipinski definition) is 4. The van der Waals surface area contributed by atoms with Gasteiger partial charge in [-0.1, -0.05) is 25.0 Å². The number of hydrogen-bond donors (Lipinski definition) is 1. The van der Waals surface area contributed by atoms with Gasteiger partial charge < -0.3 is 5.11 Å². The van der Waals surface area contributed by atoms with E-state index in [4.69, 9.17) is 0 Å². The Morgan fingerprint density at radius 3 is 2.59 bits per heavy atom. The predicted octanol–water partition coefficient (Wildman–Crippen LogP) is 4.27. The van der Waals surface area contributed by atoms with Crippen LogP contribution in [0.15, 0.2) is 59.9 Å². The van der Waals surface area contributed by atoms with Gasteiger partial charge in [-0.05, 0) is 79.6 Å². The Balaban J connectivity index is 1.52. The van der Waals surface area contributed by atoms with E-state index >= 15 is 0 Å². The van der Waals surface area contributed by atoms with Gasteiger partial charge in [0.05, 0.1) is 35.1 Å². The van der Waals surface area contributed by atoms with Crippen LogP contribution in [0.2, 0.25) is 0 Å². The van der Waals surface area contributed by atoms with Gasteiger partial charge in [-0.3, -0.25) is 9.36 Å². The molecule has 2 unspecified atom stereocenters. The van der Waals surface area contributed by atoms with Gasteiger partial charge in [0.2, 0.25) is 0 Å². The van der Waals surface area contributed by atoms with Gasteiger partial charge in [-0.2, -0.15) is 5.10 Å². The molecule has 2 atom stereocenters. The maximum Gasteiger partial charge on any atom is 0.261 e. The fraction of sp³-hybridized carbons (Fsp3) is 0.346. The zero-order valence-corrected chi connectivity index (χ0v) is 18.5. The number of fused-ring (bicyclic) bond motifs is 1. The van der Waals surface area contributed by atoms with Gasteiger partial charge >= 0.3 is 0 Å². The van der Waals surface area contributed by atoms with E-state index in [9.17, 15) is 9.90 Å². The number of rotatable bonds is 4. The van der Waals surface area contributed by atoms with Crippen LogP contribution < -0.4 is 5.56 Å². The number of nitrogens with zero attached hydrogens (tertiary/aromatic N) is 4. The number of benzene rings is 2. The molecule has 6 nitrogen and oxygen atoms in total. The van der Waals surface area contributed by atoms with Gasteiger partial charge in [0.15, 0.2) is 0 Å². The van der Waals surface area contributed by atoms with Gasteiger partial charge in [0.25, 0.3) is 5.56 Å². The van der Waals surface area contributed by atoms with Gasteiger partial charge in [0.1, 0.15) is 0 Å². The predicted molar refractivity (Wildman–Crippen MR) is 125 cm³/mol. The molecule has 164 valence electrons. The molecule has 1 aliphatic rings. The van der Waals surface area contributed by atoms with E-state index in [2.05, 4.69) is 41.3 Å². The van der Waals surface area contributed by atoms with E-state index in [1.54, 1.807) is 17.1 Å². The second-order valence-corrected chi connectivity index (χ2v) is 8.85. The van der Waals surface area contributed by atoms with Crippen LogP contribution in [0.3, 0.4) is 0 Å². The van der Waals surface area contributed by atoms with E-state index in [1.807, 2.05) is 29.9 Å². The van der Waals surface area contributed by atoms with Crippen LogP contribution in [0, 0.1) is 13.8 Å². The Kier molecular flexibility index (Phi) is 5.39. The molecule has 0 radical (unpaired) electrons. The third-order valence-corrected chi connectivity index (χ3v) is 6.90. The average Bonchev–Trinajstić information content (AvgIpc) is 3.34. The second kappa shape index (κ2) is 8.36. The van der Waals surface area contributed by atoms with Gasteiger partial charge in [0, 0.05) is 12.4 Å². The van der Waals surface area contributed by atoms with Crippen molar-refractivity contribution in [1.82, 2.24) is 19.3 Å². The zero-order valence-electron chi connectivity index (χ0n) is 18.5. The summed E-state index contributed by atoms with van der Waals surface area (Å²) in [4.78, 5) is 18.1. The highest BCUT2D eigenvalue weighted by Crippen LogP contribution is 2.29. The van der Waals surface area contributed by atoms with Crippen LogP contribution >= 0.6 is 0 Å². The number of aliphatic hydroxyl groups is 1. The van der Waals surface area contributed by atoms with Gasteiger partial charge in [-0.15, -0.1) is 0 Å². The minimum Gasteiger partial charge on any atom is -0.391 e. The first-order valence-corrected chi connectivity index (χ1v) is 11.3. The van der Waals surface area contributed by atoms with Crippen LogP contribution in [0.5, 0.6) is 0 Å². The molecule has 0 saturated heterocycles. The normalized spacial score (nSPS) is 18.8. The molecule has 0 spiro atoms. The molecule has 6 heteroatoms. The van der Waals surface area contributed by atoms with Gasteiger partial charge in [-0.25, -0.2) is 9.67 Å². The minimum atomic E-state index is -0.486. The molecule has 5 rings (SSSR count). The summed E-state index contributed by atoms with van der Waals surface area (Å²) in [5, 5.41) is 15.4. The molecule has 0 aliphatic heterocycles. The lowest BCUT2D eigenvalue weighted by atomic mass is 9.92. The molecule has 1 fully saturated rings. The molecule has 2 heterocycles. The summed E-state index contributed by atoms with van der Waals surface area (Å²) in [6.07, 6.45) is 9.16. The minimum absolute atomic E-state index is 0.0562. The lowest BCUT2D eigenvalue weighted by Gasteiger charge is -2.29. The molecule has 2 aromatic carbocycles. The van der Waals surface area contributed by atoms with Crippen molar-refractivity contribution in [2.75, 3.05) is 0 Å². The fourth-order valence-electron chi connectivity index (χ4n) is 4.86. The third kappa shape index (κ3) is 3.65. The fourth-order valence-corrected chi connectivity index (χ4v) is 4.86. The highest BCUT2D eigenvalue weighted by atomic mass is 16.3. The lowest BCUT2D eigenvalue weighted by molar-refractivity contribution is 0.0735. The van der Waals surface area contributed by atoms with E-state index in [0.29, 0.717) is 5.39 Å². The SMILES string of the molecule is Cc1c(Cc2ccc(-n3cccn3)cc2)cc2c(=O)n(C3CCCCC3O)cnc2c1C. The molecule has 1 saturated carbocycles. The van der Waals surface area contributed by atoms with Crippen LogP contribution in [0.25, 0.3) is 16.6 Å². The summed E-state index contributed by atoms with van der Waals surface area (Å²) < 4.78 is 3.49. The molecular formula is C26H28N4O2. The lowest BCUT2D eigenvalue weighted by Crippen LogP contribution is -2.34. The summed E-state index contributed by atoms with van der Waals surface area (Å²) in [7, 11) is 0. The Morgan fingerprint density at radius 1 is 1.09 bits per heavy atom. The topological polar surface area (TPSA) is 72.9 Å². The first-order valence-electron chi connectivity index (χ1n) is 11.3. The van der Waals surface area contributed by atoms with Crippen molar-refractivity contribution in [3.63, 3.8) is 0 Å². The van der Waals surface area contributed by atoms with Crippen LogP contribution in [0.4, 0.5) is 0 Å². The molecular weight excluding hydrogens is 400 g/mol. The first kappa shape index (κ1) is 20.6. The monoisotopic (exact) mass is 428 g/mol. The summed E-state index contributed by atoms with van der Waals surface area (Å²) in [6.45, 7) is 4.13. The Hall–Kier alpha value is -3.25. The van der Waals surface area contributed by atoms with Crippen molar-refractivity contribution in [3.8, 4) is 5.69 Å². The number of aliphatic hydroxyl groups excluding tert-OH is 1. The van der Waals surface area contributed by atoms with E-state index in [-0.39, 0.29) is 11.6 Å². The van der Waals surface area contributed by atoms with Crippen LogP contribution in [-0.4, -0.2) is 30.5 Å². The van der Waals surface area contributed by atoms with Crippen molar-refractivity contribution in [1.29, 1.82) is 0 Å². The molecule has 0 amide bonds. The Labute approximate surface area is 187 Å². The third-order valence-electron chi connectivity index (χ3n) is 6.90. The smallest absolute Gasteiger partial charge is 0.261 e. The van der Waals surface area contributed by atoms with Crippen LogP contribution in [-0.2, 0) is 6.42 Å². The van der Waals surface area contributed by atoms with Crippen molar-refractivity contribution in [3.05, 3.63) is 87.7 Å². The Bertz CT molecular complexity index is 1310. The molecule has 0 bridgehead atoms. The Morgan fingerprint density at radius 2 is 1.88 bits per heavy atom. The summed E-state index contributed by atoms with van der Waals surface area (Å²) >= 11 is 0.